The number of aliphatic hydroxyl groups excluding tert-OH is 1. The molecule has 0 radical (unpaired) electrons. The monoisotopic (exact) mass is 615 g/mol. The van der Waals surface area contributed by atoms with E-state index in [2.05, 4.69) is 9.97 Å². The van der Waals surface area contributed by atoms with Gasteiger partial charge in [0.2, 0.25) is 17.7 Å². The van der Waals surface area contributed by atoms with Crippen LogP contribution in [0.3, 0.4) is 0 Å². The van der Waals surface area contributed by atoms with Crippen LogP contribution < -0.4 is 15.2 Å². The third-order valence-electron chi connectivity index (χ3n) is 4.25. The maximum Gasteiger partial charge on any atom is 0.356 e. The van der Waals surface area contributed by atoms with Crippen molar-refractivity contribution in [2.45, 2.75) is 98.9 Å². The predicted molar refractivity (Wildman–Crippen MR) is 150 cm³/mol. The molecule has 1 aromatic rings. The van der Waals surface area contributed by atoms with Crippen molar-refractivity contribution >= 4 is 21.1 Å². The Kier molecular flexibility index (Phi) is 16.1. The molecule has 1 heterocycles. The number of rotatable bonds is 21. The van der Waals surface area contributed by atoms with Crippen molar-refractivity contribution in [1.82, 2.24) is 9.97 Å². The molecule has 0 unspecified atom stereocenters. The van der Waals surface area contributed by atoms with Crippen LogP contribution in [0.2, 0.25) is 0 Å². The Morgan fingerprint density at radius 2 is 1.12 bits per heavy atom. The molecule has 0 fully saturated rings. The van der Waals surface area contributed by atoms with Gasteiger partial charge in [0.05, 0.1) is 43.2 Å². The quantitative estimate of drug-likeness (QED) is 0.183. The molecule has 0 saturated heterocycles. The van der Waals surface area contributed by atoms with Gasteiger partial charge in [0, 0.05) is 0 Å². The molecule has 0 aliphatic rings. The maximum absolute atomic E-state index is 13.0. The molecule has 16 heteroatoms. The second-order valence-corrected chi connectivity index (χ2v) is 13.9. The molecular weight excluding hydrogens is 568 g/mol. The van der Waals surface area contributed by atoms with Crippen molar-refractivity contribution in [3.63, 3.8) is 0 Å². The maximum atomic E-state index is 13.0. The molecule has 1 aromatic heterocycles. The van der Waals surface area contributed by atoms with E-state index in [9.17, 15) is 14.2 Å². The highest BCUT2D eigenvalue weighted by molar-refractivity contribution is 7.53. The van der Waals surface area contributed by atoms with Gasteiger partial charge in [0.1, 0.15) is 32.0 Å². The molecule has 0 amide bonds. The van der Waals surface area contributed by atoms with Gasteiger partial charge in [0.25, 0.3) is 0 Å². The Morgan fingerprint density at radius 3 is 1.52 bits per heavy atom. The van der Waals surface area contributed by atoms with E-state index < -0.39 is 34.0 Å². The first-order chi connectivity index (χ1) is 18.5. The second-order valence-electron chi connectivity index (χ2n) is 10.1. The summed E-state index contributed by atoms with van der Waals surface area (Å²) < 4.78 is 70.2. The van der Waals surface area contributed by atoms with Gasteiger partial charge in [-0.05, 0) is 62.3 Å². The Morgan fingerprint density at radius 1 is 0.725 bits per heavy atom. The summed E-state index contributed by atoms with van der Waals surface area (Å²) in [5, 5.41) is 9.71. The Hall–Kier alpha value is -1.34. The van der Waals surface area contributed by atoms with Crippen molar-refractivity contribution in [2.24, 2.45) is 0 Å². The van der Waals surface area contributed by atoms with Crippen LogP contribution in [0.15, 0.2) is 6.07 Å². The molecule has 0 saturated carbocycles. The average molecular weight is 616 g/mol. The fourth-order valence-corrected chi connectivity index (χ4v) is 6.77. The summed E-state index contributed by atoms with van der Waals surface area (Å²) in [5.41, 5.74) is 5.79. The standard InChI is InChI=1S/C24H47N3O11P2/c1-16(2)35-39(29,36-17(3)4)14-33-20(9)12-31-22-10-23(27-24(25)26-22)32-13-21(11-28)34-15-40(30,37-18(5)6)38-19(7)8/h10,16-21,28H,11-15H2,1-9H3,(H2,25,26,27)/t20-,21-/m0/s1. The number of nitrogen functional groups attached to an aromatic ring is 1. The molecule has 0 aromatic carbocycles. The van der Waals surface area contributed by atoms with Gasteiger partial charge in [-0.1, -0.05) is 0 Å². The van der Waals surface area contributed by atoms with Gasteiger partial charge in [-0.3, -0.25) is 9.13 Å². The van der Waals surface area contributed by atoms with Crippen molar-refractivity contribution < 1.29 is 51.3 Å². The highest BCUT2D eigenvalue weighted by Gasteiger charge is 2.30. The zero-order valence-corrected chi connectivity index (χ0v) is 26.8. The average Bonchev–Trinajstić information content (AvgIpc) is 2.79. The largest absolute Gasteiger partial charge is 0.475 e. The van der Waals surface area contributed by atoms with E-state index in [1.165, 1.54) is 6.07 Å². The Labute approximate surface area is 237 Å². The molecule has 234 valence electrons. The van der Waals surface area contributed by atoms with Crippen molar-refractivity contribution in [2.75, 3.05) is 38.3 Å². The number of aliphatic hydroxyl groups is 1. The summed E-state index contributed by atoms with van der Waals surface area (Å²) in [6.07, 6.45) is -3.26. The third-order valence-corrected chi connectivity index (χ3v) is 8.16. The molecule has 0 aliphatic carbocycles. The normalized spacial score (nSPS) is 14.3. The van der Waals surface area contributed by atoms with Gasteiger partial charge in [-0.2, -0.15) is 9.97 Å². The number of ether oxygens (including phenoxy) is 4. The smallest absolute Gasteiger partial charge is 0.356 e. The number of hydrogen-bond donors (Lipinski definition) is 2. The third kappa shape index (κ3) is 15.6. The summed E-state index contributed by atoms with van der Waals surface area (Å²) in [7, 11) is -7.02. The fourth-order valence-electron chi connectivity index (χ4n) is 3.02. The summed E-state index contributed by atoms with van der Waals surface area (Å²) in [6, 6.07) is 1.40. The van der Waals surface area contributed by atoms with Crippen molar-refractivity contribution in [1.29, 1.82) is 0 Å². The van der Waals surface area contributed by atoms with Crippen molar-refractivity contribution in [3.8, 4) is 11.8 Å². The first kappa shape index (κ1) is 36.7. The Balaban J connectivity index is 2.70. The molecule has 40 heavy (non-hydrogen) atoms. The fraction of sp³-hybridized carbons (Fsp3) is 0.833. The van der Waals surface area contributed by atoms with Crippen molar-refractivity contribution in [3.05, 3.63) is 6.07 Å². The second kappa shape index (κ2) is 17.6. The lowest BCUT2D eigenvalue weighted by Crippen LogP contribution is -2.27. The number of anilines is 1. The lowest BCUT2D eigenvalue weighted by Gasteiger charge is -2.24. The molecule has 3 N–H and O–H groups in total. The van der Waals surface area contributed by atoms with Crippen LogP contribution in [0.4, 0.5) is 5.95 Å². The molecule has 0 bridgehead atoms. The molecule has 0 spiro atoms. The summed E-state index contributed by atoms with van der Waals surface area (Å²) in [5.74, 6) is 0.0702. The summed E-state index contributed by atoms with van der Waals surface area (Å²) in [4.78, 5) is 8.02. The highest BCUT2D eigenvalue weighted by Crippen LogP contribution is 2.51. The van der Waals surface area contributed by atoms with E-state index in [0.29, 0.717) is 0 Å². The number of nitrogens with zero attached hydrogens (tertiary/aromatic N) is 2. The zero-order chi connectivity index (χ0) is 30.5. The van der Waals surface area contributed by atoms with Crippen LogP contribution in [0, 0.1) is 0 Å². The van der Waals surface area contributed by atoms with E-state index in [1.54, 1.807) is 62.3 Å². The zero-order valence-electron chi connectivity index (χ0n) is 25.0. The van der Waals surface area contributed by atoms with Gasteiger partial charge in [0.15, 0.2) is 0 Å². The van der Waals surface area contributed by atoms with E-state index >= 15 is 0 Å². The minimum atomic E-state index is -3.56. The molecular formula is C24H47N3O11P2. The minimum absolute atomic E-state index is 0.0443. The first-order valence-corrected chi connectivity index (χ1v) is 16.7. The lowest BCUT2D eigenvalue weighted by molar-refractivity contribution is -0.00613. The number of nitrogens with two attached hydrogens (primary N) is 1. The van der Waals surface area contributed by atoms with E-state index in [1.807, 2.05) is 0 Å². The summed E-state index contributed by atoms with van der Waals surface area (Å²) in [6.45, 7) is 15.2. The van der Waals surface area contributed by atoms with Crippen LogP contribution in [0.25, 0.3) is 0 Å². The van der Waals surface area contributed by atoms with Crippen LogP contribution in [-0.2, 0) is 36.7 Å². The minimum Gasteiger partial charge on any atom is -0.475 e. The first-order valence-electron chi connectivity index (χ1n) is 13.2. The molecule has 14 nitrogen and oxygen atoms in total. The van der Waals surface area contributed by atoms with Crippen LogP contribution in [-0.4, -0.2) is 84.2 Å². The molecule has 2 atom stereocenters. The highest BCUT2D eigenvalue weighted by atomic mass is 31.2. The van der Waals surface area contributed by atoms with Gasteiger partial charge in [-0.15, -0.1) is 0 Å². The predicted octanol–water partition coefficient (Wildman–Crippen LogP) is 4.60. The van der Waals surface area contributed by atoms with Crippen LogP contribution in [0.5, 0.6) is 11.8 Å². The summed E-state index contributed by atoms with van der Waals surface area (Å²) >= 11 is 0. The van der Waals surface area contributed by atoms with Crippen LogP contribution in [0.1, 0.15) is 62.3 Å². The Bertz CT molecular complexity index is 938. The SMILES string of the molecule is CC(C)OP(=O)(CO[C@@H](CO)COc1cc(OC[C@H](C)OCP(=O)(OC(C)C)OC(C)C)nc(N)n1)OC(C)C. The molecule has 1 rings (SSSR count). The van der Waals surface area contributed by atoms with E-state index in [0.717, 1.165) is 0 Å². The van der Waals surface area contributed by atoms with E-state index in [-0.39, 0.29) is 68.0 Å². The van der Waals surface area contributed by atoms with Gasteiger partial charge in [-0.25, -0.2) is 0 Å². The van der Waals surface area contributed by atoms with E-state index in [4.69, 9.17) is 42.8 Å². The number of hydrogen-bond acceptors (Lipinski definition) is 14. The number of aromatic nitrogens is 2. The molecule has 0 aliphatic heterocycles. The lowest BCUT2D eigenvalue weighted by atomic mass is 10.4. The van der Waals surface area contributed by atoms with Crippen LogP contribution >= 0.6 is 15.2 Å². The van der Waals surface area contributed by atoms with Gasteiger partial charge >= 0.3 is 15.2 Å². The topological polar surface area (TPSA) is 180 Å². The van der Waals surface area contributed by atoms with Gasteiger partial charge < -0.3 is 47.9 Å².